The lowest BCUT2D eigenvalue weighted by molar-refractivity contribution is -0.133. The molecule has 6 heterocycles. The van der Waals surface area contributed by atoms with Crippen molar-refractivity contribution in [1.82, 2.24) is 43.2 Å². The number of hydrogen-bond donors (Lipinski definition) is 2. The number of aliphatic hydroxyl groups excluding tert-OH is 1. The van der Waals surface area contributed by atoms with E-state index in [9.17, 15) is 4.79 Å². The van der Waals surface area contributed by atoms with E-state index in [0.717, 1.165) is 71.9 Å². The van der Waals surface area contributed by atoms with Gasteiger partial charge in [0.05, 0.1) is 36.1 Å². The lowest BCUT2D eigenvalue weighted by Gasteiger charge is -2.34. The van der Waals surface area contributed by atoms with Crippen LogP contribution in [0.25, 0.3) is 16.9 Å². The van der Waals surface area contributed by atoms with Crippen molar-refractivity contribution >= 4 is 33.9 Å². The van der Waals surface area contributed by atoms with E-state index in [-0.39, 0.29) is 19.1 Å². The number of amides is 1. The summed E-state index contributed by atoms with van der Waals surface area (Å²) in [5.74, 6) is 1.47. The molecule has 218 valence electrons. The van der Waals surface area contributed by atoms with Crippen molar-refractivity contribution in [3.63, 3.8) is 0 Å². The Kier molecular flexibility index (Phi) is 8.28. The van der Waals surface area contributed by atoms with Gasteiger partial charge in [0.15, 0.2) is 11.5 Å². The number of β-amino-alcohol motifs (C(OH)–C–C–N with tert-alkyl or cyclic N) is 1. The minimum absolute atomic E-state index is 0.0479. The van der Waals surface area contributed by atoms with Crippen LogP contribution >= 0.6 is 11.5 Å². The van der Waals surface area contributed by atoms with E-state index in [1.54, 1.807) is 10.9 Å². The Labute approximate surface area is 243 Å². The maximum Gasteiger partial charge on any atom is 0.244 e. The maximum atomic E-state index is 12.9. The number of nitrogens with one attached hydrogen (secondary N) is 1. The van der Waals surface area contributed by atoms with Crippen molar-refractivity contribution < 1.29 is 9.90 Å². The zero-order valence-corrected chi connectivity index (χ0v) is 24.6. The van der Waals surface area contributed by atoms with Gasteiger partial charge in [0.2, 0.25) is 5.91 Å². The highest BCUT2D eigenvalue weighted by atomic mass is 32.1. The van der Waals surface area contributed by atoms with E-state index < -0.39 is 0 Å². The SMILES string of the molecule is Cc1cn2c(-c3cnn(CC(=O)N4CCN(CCO)CC4)c3)cnc2c(Nc2cc(CN3CCCC(C)C3)ns2)n1. The molecule has 0 radical (unpaired) electrons. The third-order valence-electron chi connectivity index (χ3n) is 7.91. The number of carbonyl (C=O) groups is 1. The zero-order valence-electron chi connectivity index (χ0n) is 23.7. The fourth-order valence-corrected chi connectivity index (χ4v) is 6.47. The number of aryl methyl sites for hydroxylation is 1. The zero-order chi connectivity index (χ0) is 28.3. The quantitative estimate of drug-likeness (QED) is 0.309. The first kappa shape index (κ1) is 27.8. The van der Waals surface area contributed by atoms with E-state index in [0.29, 0.717) is 25.5 Å². The molecule has 1 atom stereocenters. The maximum absolute atomic E-state index is 12.9. The normalized spacial score (nSPS) is 18.8. The Hall–Kier alpha value is -3.39. The van der Waals surface area contributed by atoms with Crippen LogP contribution in [-0.4, -0.2) is 107 Å². The lowest BCUT2D eigenvalue weighted by atomic mass is 10.0. The summed E-state index contributed by atoms with van der Waals surface area (Å²) in [7, 11) is 0. The van der Waals surface area contributed by atoms with Crippen LogP contribution < -0.4 is 5.32 Å². The molecule has 0 aliphatic carbocycles. The monoisotopic (exact) mass is 578 g/mol. The summed E-state index contributed by atoms with van der Waals surface area (Å²) in [5.41, 5.74) is 4.41. The van der Waals surface area contributed by atoms with Gasteiger partial charge in [-0.05, 0) is 49.8 Å². The molecule has 2 N–H and O–H groups in total. The van der Waals surface area contributed by atoms with Gasteiger partial charge >= 0.3 is 0 Å². The molecule has 0 bridgehead atoms. The second kappa shape index (κ2) is 12.2. The van der Waals surface area contributed by atoms with Gasteiger partial charge in [-0.2, -0.15) is 9.47 Å². The summed E-state index contributed by atoms with van der Waals surface area (Å²) in [6.07, 6.45) is 10.0. The number of aromatic nitrogens is 6. The molecule has 4 aromatic heterocycles. The number of nitrogens with zero attached hydrogens (tertiary/aromatic N) is 9. The largest absolute Gasteiger partial charge is 0.395 e. The second-order valence-corrected chi connectivity index (χ2v) is 12.0. The number of carbonyl (C=O) groups excluding carboxylic acids is 1. The first-order valence-corrected chi connectivity index (χ1v) is 15.2. The van der Waals surface area contributed by atoms with Crippen molar-refractivity contribution in [3.05, 3.63) is 42.2 Å². The number of piperidine rings is 1. The van der Waals surface area contributed by atoms with Gasteiger partial charge in [0.1, 0.15) is 11.5 Å². The average molecular weight is 579 g/mol. The minimum Gasteiger partial charge on any atom is -0.395 e. The second-order valence-electron chi connectivity index (χ2n) is 11.2. The number of likely N-dealkylation sites (tertiary alicyclic amines) is 1. The number of piperazine rings is 1. The summed E-state index contributed by atoms with van der Waals surface area (Å²) < 4.78 is 8.39. The van der Waals surface area contributed by atoms with Crippen molar-refractivity contribution in [2.75, 3.05) is 57.7 Å². The fraction of sp³-hybridized carbons (Fsp3) is 0.536. The van der Waals surface area contributed by atoms with E-state index in [2.05, 4.69) is 42.6 Å². The predicted molar refractivity (Wildman–Crippen MR) is 158 cm³/mol. The van der Waals surface area contributed by atoms with Gasteiger partial charge in [-0.15, -0.1) is 0 Å². The number of anilines is 2. The molecule has 13 heteroatoms. The molecule has 2 aliphatic rings. The van der Waals surface area contributed by atoms with Crippen LogP contribution in [-0.2, 0) is 17.9 Å². The molecule has 4 aromatic rings. The molecule has 0 spiro atoms. The van der Waals surface area contributed by atoms with Crippen LogP contribution in [0, 0.1) is 12.8 Å². The highest BCUT2D eigenvalue weighted by Crippen LogP contribution is 2.28. The van der Waals surface area contributed by atoms with E-state index in [1.807, 2.05) is 34.8 Å². The van der Waals surface area contributed by atoms with Crippen molar-refractivity contribution in [2.45, 2.75) is 39.8 Å². The van der Waals surface area contributed by atoms with Crippen LogP contribution in [0.2, 0.25) is 0 Å². The molecule has 0 saturated carbocycles. The number of rotatable bonds is 9. The summed E-state index contributed by atoms with van der Waals surface area (Å²) in [5, 5.41) is 18.0. The molecule has 1 unspecified atom stereocenters. The third-order valence-corrected chi connectivity index (χ3v) is 8.65. The molecular weight excluding hydrogens is 540 g/mol. The summed E-state index contributed by atoms with van der Waals surface area (Å²) in [4.78, 5) is 28.8. The number of aliphatic hydroxyl groups is 1. The number of imidazole rings is 1. The Morgan fingerprint density at radius 2 is 2.00 bits per heavy atom. The molecule has 2 saturated heterocycles. The van der Waals surface area contributed by atoms with Crippen molar-refractivity contribution in [1.29, 1.82) is 0 Å². The summed E-state index contributed by atoms with van der Waals surface area (Å²) >= 11 is 1.45. The summed E-state index contributed by atoms with van der Waals surface area (Å²) in [6, 6.07) is 2.11. The Balaban J connectivity index is 1.13. The topological polar surface area (TPSA) is 120 Å². The van der Waals surface area contributed by atoms with Gasteiger partial charge in [-0.3, -0.25) is 23.7 Å². The van der Waals surface area contributed by atoms with Gasteiger partial charge in [0, 0.05) is 63.8 Å². The molecule has 6 rings (SSSR count). The van der Waals surface area contributed by atoms with Crippen molar-refractivity contribution in [3.8, 4) is 11.3 Å². The number of fused-ring (bicyclic) bond motifs is 1. The Morgan fingerprint density at radius 1 is 1.15 bits per heavy atom. The molecule has 0 aromatic carbocycles. The Morgan fingerprint density at radius 3 is 2.80 bits per heavy atom. The first-order chi connectivity index (χ1) is 19.9. The first-order valence-electron chi connectivity index (χ1n) is 14.4. The van der Waals surface area contributed by atoms with Crippen LogP contribution in [0.5, 0.6) is 0 Å². The predicted octanol–water partition coefficient (Wildman–Crippen LogP) is 2.47. The van der Waals surface area contributed by atoms with Gasteiger partial charge in [-0.25, -0.2) is 9.97 Å². The van der Waals surface area contributed by atoms with E-state index >= 15 is 0 Å². The van der Waals surface area contributed by atoms with Crippen LogP contribution in [0.1, 0.15) is 31.2 Å². The van der Waals surface area contributed by atoms with Gasteiger partial charge in [-0.1, -0.05) is 6.92 Å². The van der Waals surface area contributed by atoms with Crippen LogP contribution in [0.4, 0.5) is 10.8 Å². The fourth-order valence-electron chi connectivity index (χ4n) is 5.81. The summed E-state index contributed by atoms with van der Waals surface area (Å²) in [6.45, 7) is 11.3. The molecule has 2 fully saturated rings. The highest BCUT2D eigenvalue weighted by molar-refractivity contribution is 7.10. The standard InChI is InChI=1S/C28H38N10O2S/c1-20-4-3-5-35(15-20)18-23-12-25(41-33-23)32-27-28-29-14-24(38(28)16-21(2)31-27)22-13-30-37(17-22)19-26(40)36-8-6-34(7-9-36)10-11-39/h12-14,16-17,20,39H,3-11,15,18-19H2,1-2H3,(H,31,32). The van der Waals surface area contributed by atoms with Crippen LogP contribution in [0.15, 0.2) is 30.9 Å². The van der Waals surface area contributed by atoms with E-state index in [1.165, 1.54) is 24.4 Å². The molecule has 12 nitrogen and oxygen atoms in total. The van der Waals surface area contributed by atoms with Gasteiger partial charge < -0.3 is 15.3 Å². The highest BCUT2D eigenvalue weighted by Gasteiger charge is 2.22. The Bertz CT molecular complexity index is 1490. The number of hydrogen-bond acceptors (Lipinski definition) is 10. The molecule has 41 heavy (non-hydrogen) atoms. The lowest BCUT2D eigenvalue weighted by Crippen LogP contribution is -2.50. The average Bonchev–Trinajstić information content (AvgIpc) is 3.70. The van der Waals surface area contributed by atoms with E-state index in [4.69, 9.17) is 10.1 Å². The minimum atomic E-state index is 0.0479. The molecule has 1 amide bonds. The molecular formula is C28H38N10O2S. The smallest absolute Gasteiger partial charge is 0.244 e. The van der Waals surface area contributed by atoms with Crippen LogP contribution in [0.3, 0.4) is 0 Å². The van der Waals surface area contributed by atoms with Gasteiger partial charge in [0.25, 0.3) is 0 Å². The molecule has 2 aliphatic heterocycles. The van der Waals surface area contributed by atoms with Crippen molar-refractivity contribution in [2.24, 2.45) is 5.92 Å². The third kappa shape index (κ3) is 6.43.